The van der Waals surface area contributed by atoms with Crippen LogP contribution in [0, 0.1) is 0 Å². The van der Waals surface area contributed by atoms with E-state index in [-0.39, 0.29) is 24.8 Å². The molecular weight excluding hydrogens is 273 g/mol. The molecule has 2 saturated heterocycles. The monoisotopic (exact) mass is 293 g/mol. The van der Waals surface area contributed by atoms with E-state index < -0.39 is 0 Å². The largest absolute Gasteiger partial charge is 0.364 e. The van der Waals surface area contributed by atoms with Crippen molar-refractivity contribution in [3.05, 3.63) is 18.0 Å². The van der Waals surface area contributed by atoms with Crippen LogP contribution in [0.15, 0.2) is 16.9 Å². The average Bonchev–Trinajstić information content (AvgIpc) is 3.01. The lowest BCUT2D eigenvalue weighted by Crippen LogP contribution is -2.42. The summed E-state index contributed by atoms with van der Waals surface area (Å²) in [6, 6.07) is 3.26. The average molecular weight is 294 g/mol. The van der Waals surface area contributed by atoms with Crippen LogP contribution in [0.4, 0.5) is 0 Å². The molecule has 0 amide bonds. The molecule has 0 bridgehead atoms. The molecule has 0 spiro atoms. The van der Waals surface area contributed by atoms with Crippen LogP contribution in [0.25, 0.3) is 0 Å². The minimum atomic E-state index is 0. The molecule has 3 heterocycles. The van der Waals surface area contributed by atoms with E-state index in [9.17, 15) is 0 Å². The highest BCUT2D eigenvalue weighted by Crippen LogP contribution is 2.34. The third-order valence-electron chi connectivity index (χ3n) is 3.87. The van der Waals surface area contributed by atoms with Crippen LogP contribution in [0.3, 0.4) is 0 Å². The van der Waals surface area contributed by atoms with Gasteiger partial charge in [-0.1, -0.05) is 5.16 Å². The Morgan fingerprint density at radius 2 is 2.00 bits per heavy atom. The SMILES string of the molecule is Cl.Cl.c1cc(C2CCCN2C2CCNCC2)no1. The van der Waals surface area contributed by atoms with Gasteiger partial charge in [-0.05, 0) is 45.3 Å². The zero-order valence-corrected chi connectivity index (χ0v) is 12.0. The van der Waals surface area contributed by atoms with Gasteiger partial charge in [-0.25, -0.2) is 0 Å². The van der Waals surface area contributed by atoms with Crippen molar-refractivity contribution in [2.75, 3.05) is 19.6 Å². The Bertz CT molecular complexity index is 328. The van der Waals surface area contributed by atoms with Crippen molar-refractivity contribution in [3.63, 3.8) is 0 Å². The number of nitrogens with one attached hydrogen (secondary N) is 1. The molecule has 0 radical (unpaired) electrons. The molecule has 6 heteroatoms. The molecule has 1 unspecified atom stereocenters. The van der Waals surface area contributed by atoms with Gasteiger partial charge in [0.05, 0.1) is 6.04 Å². The van der Waals surface area contributed by atoms with Crippen LogP contribution in [-0.2, 0) is 0 Å². The third-order valence-corrected chi connectivity index (χ3v) is 3.87. The highest BCUT2D eigenvalue weighted by molar-refractivity contribution is 5.85. The van der Waals surface area contributed by atoms with Crippen molar-refractivity contribution >= 4 is 24.8 Å². The van der Waals surface area contributed by atoms with E-state index in [1.54, 1.807) is 6.26 Å². The Hall–Kier alpha value is -0.290. The topological polar surface area (TPSA) is 41.3 Å². The maximum Gasteiger partial charge on any atom is 0.124 e. The summed E-state index contributed by atoms with van der Waals surface area (Å²) >= 11 is 0. The minimum absolute atomic E-state index is 0. The Labute approximate surface area is 120 Å². The maximum absolute atomic E-state index is 4.97. The van der Waals surface area contributed by atoms with E-state index in [2.05, 4.69) is 15.4 Å². The second kappa shape index (κ2) is 7.34. The molecule has 104 valence electrons. The van der Waals surface area contributed by atoms with Gasteiger partial charge in [0.2, 0.25) is 0 Å². The van der Waals surface area contributed by atoms with Gasteiger partial charge in [-0.3, -0.25) is 4.90 Å². The molecule has 4 nitrogen and oxygen atoms in total. The Kier molecular flexibility index (Phi) is 6.43. The number of hydrogen-bond donors (Lipinski definition) is 1. The van der Waals surface area contributed by atoms with Crippen molar-refractivity contribution in [2.45, 2.75) is 37.8 Å². The van der Waals surface area contributed by atoms with Crippen molar-refractivity contribution in [2.24, 2.45) is 0 Å². The third kappa shape index (κ3) is 3.18. The molecule has 1 atom stereocenters. The number of aromatic nitrogens is 1. The highest BCUT2D eigenvalue weighted by Gasteiger charge is 2.33. The summed E-state index contributed by atoms with van der Waals surface area (Å²) in [5.41, 5.74) is 1.12. The van der Waals surface area contributed by atoms with Gasteiger partial charge in [0.25, 0.3) is 0 Å². The second-order valence-corrected chi connectivity index (χ2v) is 4.80. The Morgan fingerprint density at radius 1 is 1.22 bits per heavy atom. The fourth-order valence-corrected chi connectivity index (χ4v) is 3.08. The summed E-state index contributed by atoms with van der Waals surface area (Å²) in [6.45, 7) is 3.54. The summed E-state index contributed by atoms with van der Waals surface area (Å²) in [6.07, 6.45) is 6.76. The molecular formula is C12H21Cl2N3O. The van der Waals surface area contributed by atoms with Crippen LogP contribution in [0.5, 0.6) is 0 Å². The quantitative estimate of drug-likeness (QED) is 0.909. The zero-order chi connectivity index (χ0) is 10.8. The minimum Gasteiger partial charge on any atom is -0.364 e. The summed E-state index contributed by atoms with van der Waals surface area (Å²) in [7, 11) is 0. The van der Waals surface area contributed by atoms with Crippen LogP contribution in [-0.4, -0.2) is 35.7 Å². The van der Waals surface area contributed by atoms with E-state index in [1.165, 1.54) is 32.2 Å². The fraction of sp³-hybridized carbons (Fsp3) is 0.750. The highest BCUT2D eigenvalue weighted by atomic mass is 35.5. The molecule has 1 aromatic rings. The first kappa shape index (κ1) is 15.8. The predicted molar refractivity (Wildman–Crippen MR) is 75.6 cm³/mol. The van der Waals surface area contributed by atoms with Gasteiger partial charge in [0.15, 0.2) is 0 Å². The lowest BCUT2D eigenvalue weighted by Gasteiger charge is -2.35. The lowest BCUT2D eigenvalue weighted by atomic mass is 10.0. The second-order valence-electron chi connectivity index (χ2n) is 4.80. The zero-order valence-electron chi connectivity index (χ0n) is 10.4. The first-order chi connectivity index (χ1) is 7.95. The number of nitrogens with zero attached hydrogens (tertiary/aromatic N) is 2. The van der Waals surface area contributed by atoms with Crippen molar-refractivity contribution in [1.29, 1.82) is 0 Å². The number of hydrogen-bond acceptors (Lipinski definition) is 4. The molecule has 2 aliphatic rings. The van der Waals surface area contributed by atoms with Gasteiger partial charge >= 0.3 is 0 Å². The number of piperidine rings is 1. The van der Waals surface area contributed by atoms with Crippen LogP contribution in [0.1, 0.15) is 37.4 Å². The van der Waals surface area contributed by atoms with Crippen molar-refractivity contribution in [1.82, 2.24) is 15.4 Å². The van der Waals surface area contributed by atoms with Gasteiger partial charge in [-0.15, -0.1) is 24.8 Å². The maximum atomic E-state index is 4.97. The van der Waals surface area contributed by atoms with Crippen LogP contribution < -0.4 is 5.32 Å². The lowest BCUT2D eigenvalue weighted by molar-refractivity contribution is 0.143. The normalized spacial score (nSPS) is 25.4. The fourth-order valence-electron chi connectivity index (χ4n) is 3.08. The number of halogens is 2. The van der Waals surface area contributed by atoms with Crippen LogP contribution >= 0.6 is 24.8 Å². The molecule has 3 rings (SSSR count). The van der Waals surface area contributed by atoms with Gasteiger partial charge in [0.1, 0.15) is 12.0 Å². The molecule has 1 N–H and O–H groups in total. The molecule has 0 saturated carbocycles. The van der Waals surface area contributed by atoms with E-state index >= 15 is 0 Å². The first-order valence-corrected chi connectivity index (χ1v) is 6.32. The van der Waals surface area contributed by atoms with Gasteiger partial charge in [0, 0.05) is 12.1 Å². The van der Waals surface area contributed by atoms with Crippen molar-refractivity contribution < 1.29 is 4.52 Å². The standard InChI is InChI=1S/C12H19N3O.2ClH/c1-2-12(11-5-9-16-14-11)15(8-1)10-3-6-13-7-4-10;;/h5,9-10,12-13H,1-4,6-8H2;2*1H. The molecule has 0 aliphatic carbocycles. The Morgan fingerprint density at radius 3 is 2.67 bits per heavy atom. The van der Waals surface area contributed by atoms with Crippen molar-refractivity contribution in [3.8, 4) is 0 Å². The summed E-state index contributed by atoms with van der Waals surface area (Å²) < 4.78 is 4.97. The van der Waals surface area contributed by atoms with E-state index in [1.807, 2.05) is 6.07 Å². The van der Waals surface area contributed by atoms with E-state index in [0.29, 0.717) is 6.04 Å². The number of rotatable bonds is 2. The summed E-state index contributed by atoms with van der Waals surface area (Å²) in [5, 5.41) is 7.54. The molecule has 1 aromatic heterocycles. The molecule has 2 aliphatic heterocycles. The van der Waals surface area contributed by atoms with E-state index in [0.717, 1.165) is 24.8 Å². The Balaban J connectivity index is 0.000000810. The predicted octanol–water partition coefficient (Wildman–Crippen LogP) is 2.41. The molecule has 2 fully saturated rings. The smallest absolute Gasteiger partial charge is 0.124 e. The van der Waals surface area contributed by atoms with Crippen LogP contribution in [0.2, 0.25) is 0 Å². The van der Waals surface area contributed by atoms with E-state index in [4.69, 9.17) is 4.52 Å². The molecule has 0 aromatic carbocycles. The first-order valence-electron chi connectivity index (χ1n) is 6.32. The number of likely N-dealkylation sites (tertiary alicyclic amines) is 1. The molecule has 18 heavy (non-hydrogen) atoms. The van der Waals surface area contributed by atoms with Gasteiger partial charge in [-0.2, -0.15) is 0 Å². The summed E-state index contributed by atoms with van der Waals surface area (Å²) in [5.74, 6) is 0. The summed E-state index contributed by atoms with van der Waals surface area (Å²) in [4.78, 5) is 2.64. The van der Waals surface area contributed by atoms with Gasteiger partial charge < -0.3 is 9.84 Å².